The molecule has 1 aromatic carbocycles. The van der Waals surface area contributed by atoms with E-state index in [4.69, 9.17) is 11.6 Å². The van der Waals surface area contributed by atoms with Gasteiger partial charge in [0.2, 0.25) is 0 Å². The molecule has 1 nitrogen and oxygen atoms in total. The Morgan fingerprint density at radius 3 is 2.71 bits per heavy atom. The Labute approximate surface area is 90.7 Å². The zero-order chi connectivity index (χ0) is 10.6. The minimum absolute atomic E-state index is 0.175. The van der Waals surface area contributed by atoms with Crippen molar-refractivity contribution in [2.45, 2.75) is 39.2 Å². The number of hydrogen-bond donors (Lipinski definition) is 1. The van der Waals surface area contributed by atoms with Crippen LogP contribution in [0.1, 0.15) is 30.9 Å². The molecule has 1 aromatic rings. The molecule has 0 saturated carbocycles. The van der Waals surface area contributed by atoms with Crippen LogP contribution in [-0.2, 0) is 6.42 Å². The van der Waals surface area contributed by atoms with Gasteiger partial charge in [0.25, 0.3) is 0 Å². The molecule has 0 aliphatic rings. The van der Waals surface area contributed by atoms with Gasteiger partial charge in [-0.1, -0.05) is 30.7 Å². The third-order valence-electron chi connectivity index (χ3n) is 2.46. The smallest absolute Gasteiger partial charge is 0.0540 e. The van der Waals surface area contributed by atoms with Crippen LogP contribution < -0.4 is 0 Å². The van der Waals surface area contributed by atoms with E-state index in [1.165, 1.54) is 5.56 Å². The van der Waals surface area contributed by atoms with Crippen LogP contribution in [0.15, 0.2) is 18.2 Å². The highest BCUT2D eigenvalue weighted by molar-refractivity contribution is 6.31. The largest absolute Gasteiger partial charge is 0.393 e. The molecule has 0 fully saturated rings. The van der Waals surface area contributed by atoms with E-state index in [9.17, 15) is 5.11 Å². The van der Waals surface area contributed by atoms with Crippen LogP contribution in [0.3, 0.4) is 0 Å². The first-order valence-corrected chi connectivity index (χ1v) is 5.44. The lowest BCUT2D eigenvalue weighted by Crippen LogP contribution is -2.05. The van der Waals surface area contributed by atoms with Crippen LogP contribution in [0.25, 0.3) is 0 Å². The van der Waals surface area contributed by atoms with E-state index in [1.807, 2.05) is 26.0 Å². The summed E-state index contributed by atoms with van der Waals surface area (Å²) in [7, 11) is 0. The lowest BCUT2D eigenvalue weighted by atomic mass is 10.0. The molecule has 0 bridgehead atoms. The van der Waals surface area contributed by atoms with Crippen molar-refractivity contribution in [2.24, 2.45) is 0 Å². The molecule has 14 heavy (non-hydrogen) atoms. The van der Waals surface area contributed by atoms with Gasteiger partial charge in [-0.15, -0.1) is 0 Å². The lowest BCUT2D eigenvalue weighted by Gasteiger charge is -2.08. The molecule has 0 aliphatic carbocycles. The molecular weight excluding hydrogens is 196 g/mol. The average molecular weight is 213 g/mol. The predicted molar refractivity (Wildman–Crippen MR) is 60.8 cm³/mol. The van der Waals surface area contributed by atoms with E-state index in [1.54, 1.807) is 0 Å². The first kappa shape index (κ1) is 11.5. The summed E-state index contributed by atoms with van der Waals surface area (Å²) >= 11 is 5.92. The van der Waals surface area contributed by atoms with E-state index < -0.39 is 0 Å². The van der Waals surface area contributed by atoms with Gasteiger partial charge in [-0.25, -0.2) is 0 Å². The fourth-order valence-electron chi connectivity index (χ4n) is 1.40. The van der Waals surface area contributed by atoms with Gasteiger partial charge in [0.1, 0.15) is 0 Å². The normalized spacial score (nSPS) is 12.9. The number of aryl methyl sites for hydroxylation is 2. The molecule has 78 valence electrons. The summed E-state index contributed by atoms with van der Waals surface area (Å²) in [6.07, 6.45) is 2.41. The fraction of sp³-hybridized carbons (Fsp3) is 0.500. The Kier molecular flexibility index (Phi) is 4.43. The van der Waals surface area contributed by atoms with Crippen molar-refractivity contribution in [3.05, 3.63) is 34.3 Å². The van der Waals surface area contributed by atoms with Gasteiger partial charge >= 0.3 is 0 Å². The maximum Gasteiger partial charge on any atom is 0.0540 e. The molecule has 0 aliphatic heterocycles. The number of halogens is 1. The van der Waals surface area contributed by atoms with Gasteiger partial charge in [0.05, 0.1) is 6.10 Å². The zero-order valence-electron chi connectivity index (χ0n) is 8.76. The van der Waals surface area contributed by atoms with Crippen LogP contribution in [0, 0.1) is 6.92 Å². The van der Waals surface area contributed by atoms with Crippen molar-refractivity contribution in [3.8, 4) is 0 Å². The first-order chi connectivity index (χ1) is 6.63. The summed E-state index contributed by atoms with van der Waals surface area (Å²) in [5, 5.41) is 10.2. The molecule has 1 unspecified atom stereocenters. The lowest BCUT2D eigenvalue weighted by molar-refractivity contribution is 0.160. The van der Waals surface area contributed by atoms with Gasteiger partial charge in [-0.3, -0.25) is 0 Å². The van der Waals surface area contributed by atoms with Crippen molar-refractivity contribution in [1.29, 1.82) is 0 Å². The summed E-state index contributed by atoms with van der Waals surface area (Å²) in [5.41, 5.74) is 2.36. The Hall–Kier alpha value is -0.530. The topological polar surface area (TPSA) is 20.2 Å². The molecule has 0 amide bonds. The molecule has 0 radical (unpaired) electrons. The number of aliphatic hydroxyl groups is 1. The van der Waals surface area contributed by atoms with Gasteiger partial charge in [-0.05, 0) is 43.4 Å². The van der Waals surface area contributed by atoms with E-state index in [2.05, 4.69) is 6.07 Å². The van der Waals surface area contributed by atoms with Crippen molar-refractivity contribution in [3.63, 3.8) is 0 Å². The quantitative estimate of drug-likeness (QED) is 0.812. The average Bonchev–Trinajstić information content (AvgIpc) is 2.19. The van der Waals surface area contributed by atoms with Gasteiger partial charge in [0.15, 0.2) is 0 Å². The predicted octanol–water partition coefficient (Wildman–Crippen LogP) is 3.35. The second-order valence-electron chi connectivity index (χ2n) is 3.68. The third kappa shape index (κ3) is 3.32. The molecule has 0 saturated heterocycles. The molecule has 0 spiro atoms. The fourth-order valence-corrected chi connectivity index (χ4v) is 1.52. The monoisotopic (exact) mass is 212 g/mol. The third-order valence-corrected chi connectivity index (χ3v) is 2.88. The number of rotatable bonds is 4. The SMILES string of the molecule is CCC(O)CCc1ccc(Cl)c(C)c1. The Balaban J connectivity index is 2.55. The van der Waals surface area contributed by atoms with Crippen molar-refractivity contribution in [1.82, 2.24) is 0 Å². The van der Waals surface area contributed by atoms with E-state index in [0.717, 1.165) is 29.8 Å². The molecule has 1 N–H and O–H groups in total. The highest BCUT2D eigenvalue weighted by atomic mass is 35.5. The number of aliphatic hydroxyl groups excluding tert-OH is 1. The van der Waals surface area contributed by atoms with Crippen LogP contribution in [0.2, 0.25) is 5.02 Å². The van der Waals surface area contributed by atoms with Crippen LogP contribution >= 0.6 is 11.6 Å². The molecular formula is C12H17ClO. The van der Waals surface area contributed by atoms with Crippen molar-refractivity contribution < 1.29 is 5.11 Å². The summed E-state index contributed by atoms with van der Waals surface area (Å²) in [5.74, 6) is 0. The second kappa shape index (κ2) is 5.38. The summed E-state index contributed by atoms with van der Waals surface area (Å²) in [6.45, 7) is 4.00. The van der Waals surface area contributed by atoms with Crippen LogP contribution in [-0.4, -0.2) is 11.2 Å². The maximum atomic E-state index is 9.42. The molecule has 1 rings (SSSR count). The number of hydrogen-bond acceptors (Lipinski definition) is 1. The Morgan fingerprint density at radius 1 is 1.43 bits per heavy atom. The standard InChI is InChI=1S/C12H17ClO/c1-3-11(14)6-4-10-5-7-12(13)9(2)8-10/h5,7-8,11,14H,3-4,6H2,1-2H3. The van der Waals surface area contributed by atoms with Gasteiger partial charge < -0.3 is 5.11 Å². The van der Waals surface area contributed by atoms with Gasteiger partial charge in [0, 0.05) is 5.02 Å². The minimum atomic E-state index is -0.175. The number of benzene rings is 1. The maximum absolute atomic E-state index is 9.42. The highest BCUT2D eigenvalue weighted by Gasteiger charge is 2.02. The highest BCUT2D eigenvalue weighted by Crippen LogP contribution is 2.17. The van der Waals surface area contributed by atoms with Crippen molar-refractivity contribution >= 4 is 11.6 Å². The van der Waals surface area contributed by atoms with Crippen molar-refractivity contribution in [2.75, 3.05) is 0 Å². The summed E-state index contributed by atoms with van der Waals surface area (Å²) < 4.78 is 0. The van der Waals surface area contributed by atoms with Gasteiger partial charge in [-0.2, -0.15) is 0 Å². The van der Waals surface area contributed by atoms with E-state index >= 15 is 0 Å². The molecule has 0 heterocycles. The molecule has 0 aromatic heterocycles. The molecule has 1 atom stereocenters. The molecule has 2 heteroatoms. The van der Waals surface area contributed by atoms with Crippen LogP contribution in [0.4, 0.5) is 0 Å². The summed E-state index contributed by atoms with van der Waals surface area (Å²) in [6, 6.07) is 6.03. The zero-order valence-corrected chi connectivity index (χ0v) is 9.51. The minimum Gasteiger partial charge on any atom is -0.393 e. The Bertz CT molecular complexity index is 296. The first-order valence-electron chi connectivity index (χ1n) is 5.06. The summed E-state index contributed by atoms with van der Waals surface area (Å²) in [4.78, 5) is 0. The van der Waals surface area contributed by atoms with E-state index in [-0.39, 0.29) is 6.10 Å². The Morgan fingerprint density at radius 2 is 2.14 bits per heavy atom. The second-order valence-corrected chi connectivity index (χ2v) is 4.09. The van der Waals surface area contributed by atoms with Crippen LogP contribution in [0.5, 0.6) is 0 Å². The van der Waals surface area contributed by atoms with E-state index in [0.29, 0.717) is 0 Å².